The maximum absolute atomic E-state index is 13.5. The zero-order valence-electron chi connectivity index (χ0n) is 25.2. The Morgan fingerprint density at radius 3 is 2.14 bits per heavy atom. The Balaban J connectivity index is 1.61. The fourth-order valence-electron chi connectivity index (χ4n) is 5.29. The highest BCUT2D eigenvalue weighted by molar-refractivity contribution is 6.07. The average Bonchev–Trinajstić information content (AvgIpc) is 2.97. The molecule has 2 heterocycles. The molecule has 2 saturated heterocycles. The van der Waals surface area contributed by atoms with Crippen molar-refractivity contribution in [3.8, 4) is 0 Å². The Bertz CT molecular complexity index is 1080. The first-order chi connectivity index (χ1) is 20.0. The number of benzene rings is 1. The van der Waals surface area contributed by atoms with Crippen LogP contribution < -0.4 is 5.32 Å². The van der Waals surface area contributed by atoms with E-state index in [0.717, 1.165) is 10.5 Å². The van der Waals surface area contributed by atoms with Gasteiger partial charge in [-0.05, 0) is 37.2 Å². The van der Waals surface area contributed by atoms with Crippen LogP contribution in [0.5, 0.6) is 0 Å². The van der Waals surface area contributed by atoms with Crippen molar-refractivity contribution in [2.45, 2.75) is 66.2 Å². The lowest BCUT2D eigenvalue weighted by molar-refractivity contribution is -0.171. The number of likely N-dealkylation sites (tertiary alicyclic amines) is 1. The van der Waals surface area contributed by atoms with Gasteiger partial charge in [-0.2, -0.15) is 0 Å². The monoisotopic (exact) mass is 588 g/mol. The normalized spacial score (nSPS) is 18.7. The van der Waals surface area contributed by atoms with Crippen molar-refractivity contribution in [2.75, 3.05) is 39.3 Å². The summed E-state index contributed by atoms with van der Waals surface area (Å²) >= 11 is 0. The first-order valence-electron chi connectivity index (χ1n) is 14.7. The number of alkyl carbamates (subject to hydrolysis) is 1. The van der Waals surface area contributed by atoms with Gasteiger partial charge in [0.25, 0.3) is 0 Å². The number of carbonyl (C=O) groups excluding carboxylic acids is 5. The fraction of sp³-hybridized carbons (Fsp3) is 0.633. The maximum Gasteiger partial charge on any atom is 0.410 e. The van der Waals surface area contributed by atoms with Crippen molar-refractivity contribution >= 4 is 30.1 Å². The molecule has 0 bridgehead atoms. The molecule has 0 saturated carbocycles. The van der Waals surface area contributed by atoms with Crippen LogP contribution in [0.3, 0.4) is 0 Å². The van der Waals surface area contributed by atoms with Gasteiger partial charge in [0.2, 0.25) is 5.91 Å². The van der Waals surface area contributed by atoms with E-state index in [4.69, 9.17) is 14.2 Å². The van der Waals surface area contributed by atoms with Crippen molar-refractivity contribution in [1.29, 1.82) is 0 Å². The van der Waals surface area contributed by atoms with Crippen LogP contribution in [0.25, 0.3) is 0 Å². The summed E-state index contributed by atoms with van der Waals surface area (Å²) < 4.78 is 16.1. The van der Waals surface area contributed by atoms with Gasteiger partial charge in [0, 0.05) is 32.7 Å². The van der Waals surface area contributed by atoms with Gasteiger partial charge in [-0.25, -0.2) is 24.1 Å². The first kappa shape index (κ1) is 32.7. The second-order valence-corrected chi connectivity index (χ2v) is 11.2. The minimum absolute atomic E-state index is 0.0120. The quantitative estimate of drug-likeness (QED) is 0.179. The lowest BCUT2D eigenvalue weighted by atomic mass is 9.83. The molecule has 12 nitrogen and oxygen atoms in total. The van der Waals surface area contributed by atoms with Crippen LogP contribution in [0.1, 0.15) is 53.0 Å². The summed E-state index contributed by atoms with van der Waals surface area (Å²) in [5, 5.41) is 2.60. The number of amides is 5. The number of hydrogen-bond acceptors (Lipinski definition) is 8. The highest BCUT2D eigenvalue weighted by Crippen LogP contribution is 2.33. The third-order valence-corrected chi connectivity index (χ3v) is 7.48. The van der Waals surface area contributed by atoms with Gasteiger partial charge in [-0.3, -0.25) is 4.79 Å². The number of nitrogens with zero attached hydrogens (tertiary/aromatic N) is 3. The summed E-state index contributed by atoms with van der Waals surface area (Å²) in [5.41, 5.74) is 0.782. The van der Waals surface area contributed by atoms with Crippen molar-refractivity contribution in [3.63, 3.8) is 0 Å². The molecule has 1 unspecified atom stereocenters. The fourth-order valence-corrected chi connectivity index (χ4v) is 5.29. The molecule has 2 fully saturated rings. The zero-order valence-corrected chi connectivity index (χ0v) is 25.2. The molecule has 42 heavy (non-hydrogen) atoms. The van der Waals surface area contributed by atoms with Crippen LogP contribution in [-0.4, -0.2) is 96.3 Å². The van der Waals surface area contributed by atoms with E-state index in [1.54, 1.807) is 11.8 Å². The molecular formula is C30H44N4O8. The summed E-state index contributed by atoms with van der Waals surface area (Å²) in [5.74, 6) is -1.54. The number of urea groups is 1. The Morgan fingerprint density at radius 1 is 0.929 bits per heavy atom. The summed E-state index contributed by atoms with van der Waals surface area (Å²) in [6.45, 7) is 11.1. The SMILES string of the molecule is CCOC(=O)NCCC[C@H]1C(=O)N(C(=O)N2CCN(C(=O)OC(C(C)C)C(C)C)CC2)C1C(=O)OCc1ccccc1. The number of β-lactam (4-membered cyclic amide) rings is 1. The summed E-state index contributed by atoms with van der Waals surface area (Å²) in [6, 6.07) is 7.47. The molecule has 2 atom stereocenters. The molecule has 2 aliphatic rings. The molecule has 1 N–H and O–H groups in total. The summed E-state index contributed by atoms with van der Waals surface area (Å²) in [6.07, 6.45) is -0.503. The second-order valence-electron chi connectivity index (χ2n) is 11.2. The molecule has 0 radical (unpaired) electrons. The van der Waals surface area contributed by atoms with Gasteiger partial charge in [-0.1, -0.05) is 58.0 Å². The lowest BCUT2D eigenvalue weighted by Gasteiger charge is -2.46. The molecule has 0 spiro atoms. The number of esters is 1. The molecule has 2 aliphatic heterocycles. The lowest BCUT2D eigenvalue weighted by Crippen LogP contribution is -2.69. The van der Waals surface area contributed by atoms with Crippen LogP contribution in [0.4, 0.5) is 14.4 Å². The number of imide groups is 1. The highest BCUT2D eigenvalue weighted by Gasteiger charge is 2.56. The molecule has 12 heteroatoms. The van der Waals surface area contributed by atoms with Crippen LogP contribution in [0, 0.1) is 17.8 Å². The number of ether oxygens (including phenoxy) is 3. The Kier molecular flexibility index (Phi) is 12.0. The highest BCUT2D eigenvalue weighted by atomic mass is 16.6. The minimum Gasteiger partial charge on any atom is -0.459 e. The van der Waals surface area contributed by atoms with Gasteiger partial charge in [-0.15, -0.1) is 0 Å². The predicted molar refractivity (Wildman–Crippen MR) is 153 cm³/mol. The van der Waals surface area contributed by atoms with E-state index in [2.05, 4.69) is 5.32 Å². The van der Waals surface area contributed by atoms with Gasteiger partial charge >= 0.3 is 24.2 Å². The summed E-state index contributed by atoms with van der Waals surface area (Å²) in [4.78, 5) is 68.1. The molecule has 5 amide bonds. The number of piperazine rings is 1. The number of rotatable bonds is 11. The number of nitrogens with one attached hydrogen (secondary N) is 1. The zero-order chi connectivity index (χ0) is 30.8. The third kappa shape index (κ3) is 8.36. The predicted octanol–water partition coefficient (Wildman–Crippen LogP) is 3.64. The molecule has 0 aromatic heterocycles. The van der Waals surface area contributed by atoms with E-state index in [1.165, 1.54) is 4.90 Å². The smallest absolute Gasteiger partial charge is 0.410 e. The van der Waals surface area contributed by atoms with Crippen molar-refractivity contribution in [3.05, 3.63) is 35.9 Å². The molecular weight excluding hydrogens is 544 g/mol. The van der Waals surface area contributed by atoms with Crippen LogP contribution in [0.15, 0.2) is 30.3 Å². The average molecular weight is 589 g/mol. The second kappa shape index (κ2) is 15.4. The molecule has 232 valence electrons. The Hall–Kier alpha value is -3.83. The number of carbonyl (C=O) groups is 5. The largest absolute Gasteiger partial charge is 0.459 e. The molecule has 3 rings (SSSR count). The number of hydrogen-bond donors (Lipinski definition) is 1. The van der Waals surface area contributed by atoms with Crippen LogP contribution in [-0.2, 0) is 30.4 Å². The van der Waals surface area contributed by atoms with E-state index < -0.39 is 42.1 Å². The van der Waals surface area contributed by atoms with E-state index in [-0.39, 0.29) is 70.3 Å². The van der Waals surface area contributed by atoms with Crippen LogP contribution in [0.2, 0.25) is 0 Å². The minimum atomic E-state index is -1.07. The topological polar surface area (TPSA) is 135 Å². The van der Waals surface area contributed by atoms with Gasteiger partial charge in [0.15, 0.2) is 6.04 Å². The van der Waals surface area contributed by atoms with E-state index in [9.17, 15) is 24.0 Å². The molecule has 1 aromatic carbocycles. The van der Waals surface area contributed by atoms with Crippen molar-refractivity contribution in [2.24, 2.45) is 17.8 Å². The van der Waals surface area contributed by atoms with E-state index in [1.807, 2.05) is 58.0 Å². The molecule has 1 aromatic rings. The van der Waals surface area contributed by atoms with Crippen LogP contribution >= 0.6 is 0 Å². The molecule has 0 aliphatic carbocycles. The van der Waals surface area contributed by atoms with Gasteiger partial charge in [0.05, 0.1) is 12.5 Å². The first-order valence-corrected chi connectivity index (χ1v) is 14.7. The van der Waals surface area contributed by atoms with E-state index in [0.29, 0.717) is 6.42 Å². The van der Waals surface area contributed by atoms with E-state index >= 15 is 0 Å². The Labute approximate surface area is 247 Å². The van der Waals surface area contributed by atoms with Gasteiger partial charge in [0.1, 0.15) is 12.7 Å². The van der Waals surface area contributed by atoms with Gasteiger partial charge < -0.3 is 29.3 Å². The maximum atomic E-state index is 13.5. The van der Waals surface area contributed by atoms with Crippen molar-refractivity contribution < 1.29 is 38.2 Å². The van der Waals surface area contributed by atoms with Crippen molar-refractivity contribution in [1.82, 2.24) is 20.0 Å². The summed E-state index contributed by atoms with van der Waals surface area (Å²) in [7, 11) is 0. The standard InChI is InChI=1S/C30H44N4O8/c1-6-40-28(37)31-14-10-13-23-24(27(36)41-19-22-11-8-7-9-12-22)34(26(23)35)29(38)32-15-17-33(18-16-32)30(39)42-25(20(2)3)21(4)5/h7-9,11-12,20-21,23-25H,6,10,13-19H2,1-5H3,(H,31,37)/t23-,24?/m1/s1. The third-order valence-electron chi connectivity index (χ3n) is 7.48. The Morgan fingerprint density at radius 2 is 1.55 bits per heavy atom.